The maximum Gasteiger partial charge on any atom is 0.254 e. The summed E-state index contributed by atoms with van der Waals surface area (Å²) in [4.78, 5) is 14.7. The molecule has 1 fully saturated rings. The Bertz CT molecular complexity index is 918. The molecule has 1 saturated heterocycles. The first-order valence-electron chi connectivity index (χ1n) is 9.48. The van der Waals surface area contributed by atoms with E-state index in [0.29, 0.717) is 29.3 Å². The van der Waals surface area contributed by atoms with Crippen LogP contribution in [0.5, 0.6) is 5.75 Å². The lowest BCUT2D eigenvalue weighted by molar-refractivity contribution is 0.0697. The summed E-state index contributed by atoms with van der Waals surface area (Å²) in [5, 5.41) is 0. The fraction of sp³-hybridized carbons (Fsp3) is 0.381. The van der Waals surface area contributed by atoms with Crippen molar-refractivity contribution < 1.29 is 17.9 Å². The first-order valence-corrected chi connectivity index (χ1v) is 10.9. The highest BCUT2D eigenvalue weighted by Crippen LogP contribution is 2.20. The van der Waals surface area contributed by atoms with Crippen LogP contribution in [0.2, 0.25) is 0 Å². The molecule has 0 radical (unpaired) electrons. The zero-order valence-corrected chi connectivity index (χ0v) is 17.1. The Morgan fingerprint density at radius 2 is 1.71 bits per heavy atom. The molecule has 0 saturated carbocycles. The molecule has 7 heteroatoms. The third-order valence-corrected chi connectivity index (χ3v) is 6.86. The average Bonchev–Trinajstić information content (AvgIpc) is 2.74. The zero-order chi connectivity index (χ0) is 20.1. The number of sulfonamides is 1. The Balaban J connectivity index is 1.66. The molecule has 1 heterocycles. The van der Waals surface area contributed by atoms with Crippen LogP contribution >= 0.6 is 0 Å². The normalized spacial score (nSPS) is 15.4. The van der Waals surface area contributed by atoms with Gasteiger partial charge in [0.1, 0.15) is 5.75 Å². The lowest BCUT2D eigenvalue weighted by Crippen LogP contribution is -2.50. The highest BCUT2D eigenvalue weighted by molar-refractivity contribution is 7.89. The first-order chi connectivity index (χ1) is 13.5. The third kappa shape index (κ3) is 4.36. The first kappa shape index (κ1) is 20.4. The van der Waals surface area contributed by atoms with Gasteiger partial charge in [-0.3, -0.25) is 4.79 Å². The second-order valence-electron chi connectivity index (χ2n) is 6.82. The fourth-order valence-corrected chi connectivity index (χ4v) is 4.76. The van der Waals surface area contributed by atoms with E-state index in [9.17, 15) is 13.2 Å². The van der Waals surface area contributed by atoms with E-state index in [1.165, 1.54) is 4.31 Å². The molecule has 0 aliphatic carbocycles. The lowest BCUT2D eigenvalue weighted by Gasteiger charge is -2.34. The number of aryl methyl sites for hydroxylation is 1. The maximum absolute atomic E-state index is 12.9. The van der Waals surface area contributed by atoms with Crippen LogP contribution in [0.15, 0.2) is 53.4 Å². The molecule has 2 aromatic rings. The number of piperazine rings is 1. The van der Waals surface area contributed by atoms with Gasteiger partial charge in [0.05, 0.1) is 12.0 Å². The van der Waals surface area contributed by atoms with Crippen molar-refractivity contribution in [2.24, 2.45) is 0 Å². The largest absolute Gasteiger partial charge is 0.497 e. The molecule has 28 heavy (non-hydrogen) atoms. The van der Waals surface area contributed by atoms with Crippen molar-refractivity contribution >= 4 is 15.9 Å². The summed E-state index contributed by atoms with van der Waals surface area (Å²) in [7, 11) is -1.99. The third-order valence-electron chi connectivity index (χ3n) is 4.94. The summed E-state index contributed by atoms with van der Waals surface area (Å²) >= 11 is 0. The second-order valence-corrected chi connectivity index (χ2v) is 8.76. The van der Waals surface area contributed by atoms with Gasteiger partial charge in [0.2, 0.25) is 10.0 Å². The van der Waals surface area contributed by atoms with Gasteiger partial charge in [0, 0.05) is 31.7 Å². The van der Waals surface area contributed by atoms with E-state index >= 15 is 0 Å². The van der Waals surface area contributed by atoms with Crippen LogP contribution in [0.3, 0.4) is 0 Å². The standard InChI is InChI=1S/C21H26N2O4S/c1-3-5-17-8-10-20(11-9-17)28(25,26)23-14-12-22(13-15-23)21(24)18-6-4-7-19(16-18)27-2/h4,6-11,16H,3,5,12-15H2,1-2H3. The van der Waals surface area contributed by atoms with Gasteiger partial charge in [-0.25, -0.2) is 8.42 Å². The van der Waals surface area contributed by atoms with Crippen molar-refractivity contribution in [1.82, 2.24) is 9.21 Å². The van der Waals surface area contributed by atoms with E-state index in [1.807, 2.05) is 12.1 Å². The van der Waals surface area contributed by atoms with Crippen LogP contribution in [-0.2, 0) is 16.4 Å². The number of nitrogens with zero attached hydrogens (tertiary/aromatic N) is 2. The van der Waals surface area contributed by atoms with E-state index in [2.05, 4.69) is 6.92 Å². The molecular weight excluding hydrogens is 376 g/mol. The molecule has 6 nitrogen and oxygen atoms in total. The fourth-order valence-electron chi connectivity index (χ4n) is 3.34. The molecule has 1 aliphatic rings. The minimum absolute atomic E-state index is 0.111. The molecule has 3 rings (SSSR count). The number of carbonyl (C=O) groups excluding carboxylic acids is 1. The van der Waals surface area contributed by atoms with Gasteiger partial charge in [0.15, 0.2) is 0 Å². The highest BCUT2D eigenvalue weighted by atomic mass is 32.2. The van der Waals surface area contributed by atoms with Crippen molar-refractivity contribution in [3.8, 4) is 5.75 Å². The summed E-state index contributed by atoms with van der Waals surface area (Å²) in [5.41, 5.74) is 1.68. The molecule has 0 spiro atoms. The number of carbonyl (C=O) groups is 1. The van der Waals surface area contributed by atoms with Crippen molar-refractivity contribution in [3.63, 3.8) is 0 Å². The maximum atomic E-state index is 12.9. The van der Waals surface area contributed by atoms with E-state index in [0.717, 1.165) is 18.4 Å². The zero-order valence-electron chi connectivity index (χ0n) is 16.3. The monoisotopic (exact) mass is 402 g/mol. The van der Waals surface area contributed by atoms with Gasteiger partial charge in [-0.15, -0.1) is 0 Å². The Hall–Kier alpha value is -2.38. The molecule has 0 bridgehead atoms. The number of hydrogen-bond acceptors (Lipinski definition) is 4. The van der Waals surface area contributed by atoms with Crippen LogP contribution in [-0.4, -0.2) is 56.8 Å². The van der Waals surface area contributed by atoms with E-state index in [4.69, 9.17) is 4.74 Å². The summed E-state index contributed by atoms with van der Waals surface area (Å²) < 4.78 is 32.4. The smallest absolute Gasteiger partial charge is 0.254 e. The van der Waals surface area contributed by atoms with Gasteiger partial charge in [-0.1, -0.05) is 31.5 Å². The van der Waals surface area contributed by atoms with Crippen molar-refractivity contribution in [2.75, 3.05) is 33.3 Å². The van der Waals surface area contributed by atoms with Crippen molar-refractivity contribution in [2.45, 2.75) is 24.7 Å². The Kier molecular flexibility index (Phi) is 6.36. The van der Waals surface area contributed by atoms with Crippen LogP contribution in [0.1, 0.15) is 29.3 Å². The minimum atomic E-state index is -3.54. The van der Waals surface area contributed by atoms with Crippen molar-refractivity contribution in [1.29, 1.82) is 0 Å². The average molecular weight is 403 g/mol. The molecule has 0 aromatic heterocycles. The predicted octanol–water partition coefficient (Wildman–Crippen LogP) is 2.79. The predicted molar refractivity (Wildman–Crippen MR) is 108 cm³/mol. The number of rotatable bonds is 6. The molecule has 2 aromatic carbocycles. The highest BCUT2D eigenvalue weighted by Gasteiger charge is 2.30. The number of hydrogen-bond donors (Lipinski definition) is 0. The quantitative estimate of drug-likeness (QED) is 0.745. The van der Waals surface area contributed by atoms with E-state index in [1.54, 1.807) is 48.4 Å². The number of methoxy groups -OCH3 is 1. The summed E-state index contributed by atoms with van der Waals surface area (Å²) in [6, 6.07) is 14.1. The molecule has 1 aliphatic heterocycles. The summed E-state index contributed by atoms with van der Waals surface area (Å²) in [6.45, 7) is 3.40. The molecule has 0 unspecified atom stereocenters. The molecular formula is C21H26N2O4S. The summed E-state index contributed by atoms with van der Waals surface area (Å²) in [5.74, 6) is 0.512. The van der Waals surface area contributed by atoms with Crippen LogP contribution in [0, 0.1) is 0 Å². The molecule has 0 N–H and O–H groups in total. The van der Waals surface area contributed by atoms with Crippen LogP contribution in [0.4, 0.5) is 0 Å². The Morgan fingerprint density at radius 1 is 1.04 bits per heavy atom. The Labute approximate surface area is 166 Å². The molecule has 1 amide bonds. The topological polar surface area (TPSA) is 66.9 Å². The van der Waals surface area contributed by atoms with Gasteiger partial charge in [-0.2, -0.15) is 4.31 Å². The summed E-state index contributed by atoms with van der Waals surface area (Å²) in [6.07, 6.45) is 1.96. The lowest BCUT2D eigenvalue weighted by atomic mass is 10.1. The number of benzene rings is 2. The molecule has 0 atom stereocenters. The molecule has 150 valence electrons. The number of ether oxygens (including phenoxy) is 1. The van der Waals surface area contributed by atoms with Gasteiger partial charge in [0.25, 0.3) is 5.91 Å². The van der Waals surface area contributed by atoms with Gasteiger partial charge >= 0.3 is 0 Å². The van der Waals surface area contributed by atoms with Crippen LogP contribution < -0.4 is 4.74 Å². The minimum Gasteiger partial charge on any atom is -0.497 e. The van der Waals surface area contributed by atoms with E-state index < -0.39 is 10.0 Å². The second kappa shape index (κ2) is 8.75. The Morgan fingerprint density at radius 3 is 2.32 bits per heavy atom. The van der Waals surface area contributed by atoms with Gasteiger partial charge < -0.3 is 9.64 Å². The number of amides is 1. The van der Waals surface area contributed by atoms with Gasteiger partial charge in [-0.05, 0) is 42.3 Å². The van der Waals surface area contributed by atoms with E-state index in [-0.39, 0.29) is 19.0 Å². The van der Waals surface area contributed by atoms with Crippen molar-refractivity contribution in [3.05, 3.63) is 59.7 Å². The SMILES string of the molecule is CCCc1ccc(S(=O)(=O)N2CCN(C(=O)c3cccc(OC)c3)CC2)cc1. The van der Waals surface area contributed by atoms with Crippen LogP contribution in [0.25, 0.3) is 0 Å².